The van der Waals surface area contributed by atoms with Crippen molar-refractivity contribution in [3.8, 4) is 17.2 Å². The average molecular weight is 503 g/mol. The summed E-state index contributed by atoms with van der Waals surface area (Å²) in [6, 6.07) is 16.7. The number of benzene rings is 2. The van der Waals surface area contributed by atoms with E-state index >= 15 is 0 Å². The average Bonchev–Trinajstić information content (AvgIpc) is 3.40. The highest BCUT2D eigenvalue weighted by atomic mass is 79.9. The Morgan fingerprint density at radius 2 is 1.78 bits per heavy atom. The number of halogens is 4. The zero-order chi connectivity index (χ0) is 21.6. The number of alkyl halides is 3. The zero-order valence-corrected chi connectivity index (χ0v) is 18.5. The standard InChI is InChI=1S/C24H17F3N2O2.BrH/c1-30-17-8-9-20-19(13-17)18-10-11-29(23(22(18)28-20)21-3-2-12-31-21)14-15-4-6-16(7-5-15)24(25,26)27;/h2-13H,14H2,1H3;1H. The van der Waals surface area contributed by atoms with Gasteiger partial charge in [0.1, 0.15) is 11.3 Å². The van der Waals surface area contributed by atoms with Crippen LogP contribution < -0.4 is 26.3 Å². The molecule has 8 heteroatoms. The van der Waals surface area contributed by atoms with Gasteiger partial charge in [0.05, 0.1) is 18.9 Å². The molecule has 0 unspecified atom stereocenters. The SMILES string of the molecule is COc1ccc2[nH]c3c(-c4ccco4)[n+](Cc4ccc(C(F)(F)F)cc4)ccc3c2c1.[Br-]. The van der Waals surface area contributed by atoms with Crippen LogP contribution in [-0.2, 0) is 12.7 Å². The van der Waals surface area contributed by atoms with Gasteiger partial charge >= 0.3 is 6.18 Å². The van der Waals surface area contributed by atoms with Gasteiger partial charge in [-0.1, -0.05) is 12.1 Å². The molecule has 3 heterocycles. The van der Waals surface area contributed by atoms with Crippen molar-refractivity contribution in [2.24, 2.45) is 0 Å². The van der Waals surface area contributed by atoms with Gasteiger partial charge in [0.2, 0.25) is 0 Å². The first-order chi connectivity index (χ1) is 14.9. The number of rotatable bonds is 4. The molecule has 0 fully saturated rings. The maximum Gasteiger partial charge on any atom is 0.416 e. The Hall–Kier alpha value is -3.26. The first-order valence-corrected chi connectivity index (χ1v) is 9.66. The van der Waals surface area contributed by atoms with Gasteiger partial charge in [-0.25, -0.2) is 0 Å². The van der Waals surface area contributed by atoms with Crippen LogP contribution in [0, 0.1) is 0 Å². The second-order valence-corrected chi connectivity index (χ2v) is 7.29. The third kappa shape index (κ3) is 3.86. The molecule has 0 atom stereocenters. The summed E-state index contributed by atoms with van der Waals surface area (Å²) in [7, 11) is 1.63. The fourth-order valence-electron chi connectivity index (χ4n) is 3.87. The van der Waals surface area contributed by atoms with Gasteiger partial charge in [-0.3, -0.25) is 0 Å². The predicted octanol–water partition coefficient (Wildman–Crippen LogP) is 2.95. The lowest BCUT2D eigenvalue weighted by molar-refractivity contribution is -0.676. The molecule has 0 aliphatic carbocycles. The molecule has 0 bridgehead atoms. The van der Waals surface area contributed by atoms with Gasteiger partial charge in [0.15, 0.2) is 18.5 Å². The van der Waals surface area contributed by atoms with Gasteiger partial charge in [0, 0.05) is 27.9 Å². The number of furan rings is 1. The molecule has 0 amide bonds. The van der Waals surface area contributed by atoms with Crippen LogP contribution in [0.15, 0.2) is 77.5 Å². The van der Waals surface area contributed by atoms with Gasteiger partial charge in [0.25, 0.3) is 5.69 Å². The molecule has 164 valence electrons. The molecule has 5 rings (SSSR count). The summed E-state index contributed by atoms with van der Waals surface area (Å²) in [5.74, 6) is 1.42. The molecule has 32 heavy (non-hydrogen) atoms. The third-order valence-electron chi connectivity index (χ3n) is 5.38. The molecule has 0 saturated carbocycles. The number of fused-ring (bicyclic) bond motifs is 3. The third-order valence-corrected chi connectivity index (χ3v) is 5.38. The van der Waals surface area contributed by atoms with Crippen LogP contribution in [0.1, 0.15) is 11.1 Å². The minimum absolute atomic E-state index is 0. The predicted molar refractivity (Wildman–Crippen MR) is 111 cm³/mol. The van der Waals surface area contributed by atoms with Crippen molar-refractivity contribution in [2.45, 2.75) is 12.7 Å². The maximum atomic E-state index is 12.9. The number of methoxy groups -OCH3 is 1. The van der Waals surface area contributed by atoms with E-state index < -0.39 is 11.7 Å². The lowest BCUT2D eigenvalue weighted by atomic mass is 10.1. The first-order valence-electron chi connectivity index (χ1n) is 9.66. The normalized spacial score (nSPS) is 11.6. The summed E-state index contributed by atoms with van der Waals surface area (Å²) in [6.45, 7) is 0.392. The molecule has 0 aliphatic rings. The van der Waals surface area contributed by atoms with Crippen LogP contribution in [0.4, 0.5) is 13.2 Å². The number of aromatic amines is 1. The van der Waals surface area contributed by atoms with Crippen molar-refractivity contribution < 1.29 is 43.9 Å². The molecule has 3 aromatic heterocycles. The van der Waals surface area contributed by atoms with E-state index in [-0.39, 0.29) is 17.0 Å². The molecule has 0 radical (unpaired) electrons. The Morgan fingerprint density at radius 1 is 1.00 bits per heavy atom. The highest BCUT2D eigenvalue weighted by Crippen LogP contribution is 2.33. The van der Waals surface area contributed by atoms with Crippen molar-refractivity contribution in [3.63, 3.8) is 0 Å². The van der Waals surface area contributed by atoms with Crippen molar-refractivity contribution >= 4 is 21.8 Å². The van der Waals surface area contributed by atoms with Crippen LogP contribution in [0.2, 0.25) is 0 Å². The van der Waals surface area contributed by atoms with E-state index in [4.69, 9.17) is 9.15 Å². The number of ether oxygens (including phenoxy) is 1. The Morgan fingerprint density at radius 3 is 2.44 bits per heavy atom. The quantitative estimate of drug-likeness (QED) is 0.384. The Kier molecular flexibility index (Phi) is 5.73. The minimum Gasteiger partial charge on any atom is -1.00 e. The summed E-state index contributed by atoms with van der Waals surface area (Å²) in [6.07, 6.45) is -0.831. The number of H-pyrrole nitrogens is 1. The molecule has 4 nitrogen and oxygen atoms in total. The fraction of sp³-hybridized carbons (Fsp3) is 0.125. The Labute approximate surface area is 192 Å². The summed E-state index contributed by atoms with van der Waals surface area (Å²) in [5, 5.41) is 2.02. The number of hydrogen-bond acceptors (Lipinski definition) is 2. The lowest BCUT2D eigenvalue weighted by Crippen LogP contribution is -3.00. The van der Waals surface area contributed by atoms with E-state index in [1.54, 1.807) is 13.4 Å². The summed E-state index contributed by atoms with van der Waals surface area (Å²) in [5.41, 5.74) is 2.75. The van der Waals surface area contributed by atoms with Crippen LogP contribution in [0.25, 0.3) is 33.3 Å². The van der Waals surface area contributed by atoms with E-state index in [2.05, 4.69) is 4.98 Å². The largest absolute Gasteiger partial charge is 1.00 e. The topological polar surface area (TPSA) is 42.0 Å². The van der Waals surface area contributed by atoms with Crippen molar-refractivity contribution in [1.29, 1.82) is 0 Å². The number of pyridine rings is 1. The zero-order valence-electron chi connectivity index (χ0n) is 16.9. The second kappa shape index (κ2) is 8.35. The van der Waals surface area contributed by atoms with Crippen molar-refractivity contribution in [1.82, 2.24) is 4.98 Å². The molecule has 5 aromatic rings. The number of aromatic nitrogens is 2. The highest BCUT2D eigenvalue weighted by Gasteiger charge is 2.30. The van der Waals surface area contributed by atoms with E-state index in [1.165, 1.54) is 12.1 Å². The number of nitrogens with zero attached hydrogens (tertiary/aromatic N) is 1. The van der Waals surface area contributed by atoms with Crippen LogP contribution >= 0.6 is 0 Å². The van der Waals surface area contributed by atoms with Crippen molar-refractivity contribution in [3.05, 3.63) is 84.3 Å². The molecular formula is C24H18BrF3N2O2. The fourth-order valence-corrected chi connectivity index (χ4v) is 3.87. The minimum atomic E-state index is -4.35. The molecule has 0 spiro atoms. The number of hydrogen-bond donors (Lipinski definition) is 1. The Balaban J connectivity index is 0.00000245. The summed E-state index contributed by atoms with van der Waals surface area (Å²) in [4.78, 5) is 3.46. The van der Waals surface area contributed by atoms with Crippen LogP contribution in [0.5, 0.6) is 5.75 Å². The van der Waals surface area contributed by atoms with E-state index in [1.807, 2.05) is 47.2 Å². The smallest absolute Gasteiger partial charge is 0.416 e. The molecule has 0 aliphatic heterocycles. The molecule has 0 saturated heterocycles. The van der Waals surface area contributed by atoms with Crippen LogP contribution in [-0.4, -0.2) is 12.1 Å². The van der Waals surface area contributed by atoms with Gasteiger partial charge in [-0.05, 0) is 42.5 Å². The van der Waals surface area contributed by atoms with E-state index in [0.29, 0.717) is 12.3 Å². The maximum absolute atomic E-state index is 12.9. The highest BCUT2D eigenvalue weighted by molar-refractivity contribution is 6.10. The lowest BCUT2D eigenvalue weighted by Gasteiger charge is -2.07. The monoisotopic (exact) mass is 502 g/mol. The van der Waals surface area contributed by atoms with Crippen molar-refractivity contribution in [2.75, 3.05) is 7.11 Å². The second-order valence-electron chi connectivity index (χ2n) is 7.29. The van der Waals surface area contributed by atoms with E-state index in [9.17, 15) is 13.2 Å². The van der Waals surface area contributed by atoms with Gasteiger partial charge in [-0.2, -0.15) is 17.7 Å². The van der Waals surface area contributed by atoms with Gasteiger partial charge in [-0.15, -0.1) is 0 Å². The molecule has 1 N–H and O–H groups in total. The number of nitrogens with one attached hydrogen (secondary N) is 1. The summed E-state index contributed by atoms with van der Waals surface area (Å²) < 4.78 is 51.7. The molecular weight excluding hydrogens is 485 g/mol. The molecule has 2 aromatic carbocycles. The van der Waals surface area contributed by atoms with Crippen LogP contribution in [0.3, 0.4) is 0 Å². The van der Waals surface area contributed by atoms with E-state index in [0.717, 1.165) is 50.9 Å². The summed E-state index contributed by atoms with van der Waals surface area (Å²) >= 11 is 0. The Bertz CT molecular complexity index is 1370. The first kappa shape index (κ1) is 22.0. The van der Waals surface area contributed by atoms with Gasteiger partial charge < -0.3 is 31.1 Å².